The Kier molecular flexibility index (Phi) is 4.65. The molecule has 0 aromatic heterocycles. The van der Waals surface area contributed by atoms with Crippen molar-refractivity contribution in [3.8, 4) is 6.07 Å². The van der Waals surface area contributed by atoms with Gasteiger partial charge in [0.2, 0.25) is 0 Å². The summed E-state index contributed by atoms with van der Waals surface area (Å²) in [6, 6.07) is 6.75. The number of piperidine rings is 1. The summed E-state index contributed by atoms with van der Waals surface area (Å²) >= 11 is 0. The van der Waals surface area contributed by atoms with E-state index in [2.05, 4.69) is 0 Å². The molecule has 1 aromatic carbocycles. The lowest BCUT2D eigenvalue weighted by atomic mass is 10.1. The van der Waals surface area contributed by atoms with Gasteiger partial charge >= 0.3 is 6.03 Å². The van der Waals surface area contributed by atoms with Crippen molar-refractivity contribution in [1.82, 2.24) is 9.80 Å². The zero-order chi connectivity index (χ0) is 16.2. The molecular weight excluding hydrogens is 295 g/mol. The maximum absolute atomic E-state index is 13.7. The highest BCUT2D eigenvalue weighted by Gasteiger charge is 2.27. The molecule has 6 heteroatoms. The molecule has 0 atom stereocenters. The summed E-state index contributed by atoms with van der Waals surface area (Å²) in [6.45, 7) is 4.16. The van der Waals surface area contributed by atoms with E-state index >= 15 is 0 Å². The summed E-state index contributed by atoms with van der Waals surface area (Å²) in [7, 11) is 0. The van der Waals surface area contributed by atoms with Gasteiger partial charge in [-0.2, -0.15) is 5.26 Å². The Hall–Kier alpha value is -2.29. The minimum absolute atomic E-state index is 0.0864. The number of benzene rings is 1. The average Bonchev–Trinajstić information content (AvgIpc) is 2.62. The number of carbonyl (C=O) groups excluding carboxylic acids is 1. The lowest BCUT2D eigenvalue weighted by Gasteiger charge is -2.39. The number of likely N-dealkylation sites (tertiary alicyclic amines) is 1. The fourth-order valence-corrected chi connectivity index (χ4v) is 3.31. The minimum Gasteiger partial charge on any atom is -0.367 e. The molecule has 0 bridgehead atoms. The third-order valence-corrected chi connectivity index (χ3v) is 4.62. The Labute approximate surface area is 135 Å². The van der Waals surface area contributed by atoms with Crippen molar-refractivity contribution in [2.45, 2.75) is 19.3 Å². The molecule has 23 heavy (non-hydrogen) atoms. The number of nitriles is 1. The Morgan fingerprint density at radius 2 is 1.65 bits per heavy atom. The van der Waals surface area contributed by atoms with E-state index in [9.17, 15) is 9.18 Å². The predicted molar refractivity (Wildman–Crippen MR) is 85.7 cm³/mol. The molecule has 0 aliphatic carbocycles. The van der Waals surface area contributed by atoms with Gasteiger partial charge in [-0.05, 0) is 31.4 Å². The van der Waals surface area contributed by atoms with Gasteiger partial charge in [0.15, 0.2) is 0 Å². The van der Waals surface area contributed by atoms with Crippen molar-refractivity contribution in [3.05, 3.63) is 29.6 Å². The lowest BCUT2D eigenvalue weighted by molar-refractivity contribution is 0.141. The van der Waals surface area contributed by atoms with Crippen molar-refractivity contribution in [2.75, 3.05) is 44.2 Å². The number of carbonyl (C=O) groups is 1. The monoisotopic (exact) mass is 316 g/mol. The number of halogens is 1. The Balaban J connectivity index is 1.64. The van der Waals surface area contributed by atoms with Crippen LogP contribution < -0.4 is 4.90 Å². The van der Waals surface area contributed by atoms with Crippen LogP contribution in [0, 0.1) is 17.1 Å². The molecule has 0 spiro atoms. The van der Waals surface area contributed by atoms with Gasteiger partial charge in [-0.15, -0.1) is 0 Å². The molecule has 2 amide bonds. The predicted octanol–water partition coefficient (Wildman–Crippen LogP) is 2.43. The van der Waals surface area contributed by atoms with Crippen molar-refractivity contribution < 1.29 is 9.18 Å². The van der Waals surface area contributed by atoms with Crippen molar-refractivity contribution in [1.29, 1.82) is 5.26 Å². The molecule has 122 valence electrons. The van der Waals surface area contributed by atoms with Crippen LogP contribution in [-0.4, -0.2) is 55.1 Å². The number of anilines is 1. The summed E-state index contributed by atoms with van der Waals surface area (Å²) < 4.78 is 13.7. The molecule has 1 aromatic rings. The highest BCUT2D eigenvalue weighted by atomic mass is 19.1. The van der Waals surface area contributed by atoms with Gasteiger partial charge in [-0.3, -0.25) is 0 Å². The highest BCUT2D eigenvalue weighted by Crippen LogP contribution is 2.24. The lowest BCUT2D eigenvalue weighted by Crippen LogP contribution is -2.53. The number of urea groups is 1. The topological polar surface area (TPSA) is 50.6 Å². The summed E-state index contributed by atoms with van der Waals surface area (Å²) in [5.41, 5.74) is 0.709. The smallest absolute Gasteiger partial charge is 0.320 e. The summed E-state index contributed by atoms with van der Waals surface area (Å²) in [4.78, 5) is 18.3. The fourth-order valence-electron chi connectivity index (χ4n) is 3.31. The maximum atomic E-state index is 13.7. The molecular formula is C17H21FN4O. The summed E-state index contributed by atoms with van der Waals surface area (Å²) in [5.74, 6) is -0.489. The van der Waals surface area contributed by atoms with Gasteiger partial charge in [0.05, 0.1) is 5.69 Å². The molecule has 2 aliphatic rings. The second kappa shape index (κ2) is 6.86. The van der Waals surface area contributed by atoms with Gasteiger partial charge in [0, 0.05) is 39.3 Å². The first kappa shape index (κ1) is 15.6. The van der Waals surface area contributed by atoms with Gasteiger partial charge < -0.3 is 14.7 Å². The highest BCUT2D eigenvalue weighted by molar-refractivity contribution is 5.75. The number of hydrogen-bond donors (Lipinski definition) is 0. The van der Waals surface area contributed by atoms with Crippen LogP contribution in [0.15, 0.2) is 18.2 Å². The van der Waals surface area contributed by atoms with Crippen molar-refractivity contribution in [2.24, 2.45) is 0 Å². The Morgan fingerprint density at radius 1 is 1.00 bits per heavy atom. The first-order valence-corrected chi connectivity index (χ1v) is 8.18. The first-order valence-electron chi connectivity index (χ1n) is 8.18. The van der Waals surface area contributed by atoms with E-state index in [4.69, 9.17) is 5.26 Å². The van der Waals surface area contributed by atoms with Crippen LogP contribution in [0.1, 0.15) is 24.8 Å². The van der Waals surface area contributed by atoms with E-state index in [1.807, 2.05) is 20.8 Å². The van der Waals surface area contributed by atoms with E-state index in [1.165, 1.54) is 12.5 Å². The Bertz CT molecular complexity index is 614. The first-order chi connectivity index (χ1) is 11.2. The zero-order valence-corrected chi connectivity index (χ0v) is 13.2. The standard InChI is InChI=1S/C17H21FN4O/c18-15-5-4-6-16(14(15)13-19)20-9-11-22(12-10-20)17(23)21-7-2-1-3-8-21/h4-6H,1-3,7-12H2. The van der Waals surface area contributed by atoms with Gasteiger partial charge in [-0.25, -0.2) is 9.18 Å². The number of nitrogens with zero attached hydrogens (tertiary/aromatic N) is 4. The number of rotatable bonds is 1. The van der Waals surface area contributed by atoms with Gasteiger partial charge in [0.1, 0.15) is 17.4 Å². The van der Waals surface area contributed by atoms with Crippen LogP contribution in [0.25, 0.3) is 0 Å². The van der Waals surface area contributed by atoms with Crippen LogP contribution in [0.3, 0.4) is 0 Å². The quantitative estimate of drug-likeness (QED) is 0.799. The molecule has 2 heterocycles. The molecule has 0 saturated carbocycles. The molecule has 0 unspecified atom stereocenters. The largest absolute Gasteiger partial charge is 0.367 e. The number of amides is 2. The summed E-state index contributed by atoms with van der Waals surface area (Å²) in [5, 5.41) is 9.15. The van der Waals surface area contributed by atoms with E-state index in [0.717, 1.165) is 25.9 Å². The number of piperazine rings is 1. The molecule has 2 fully saturated rings. The van der Waals surface area contributed by atoms with E-state index in [1.54, 1.807) is 12.1 Å². The van der Waals surface area contributed by atoms with Crippen molar-refractivity contribution >= 4 is 11.7 Å². The molecule has 3 rings (SSSR count). The second-order valence-corrected chi connectivity index (χ2v) is 6.05. The second-order valence-electron chi connectivity index (χ2n) is 6.05. The molecule has 0 radical (unpaired) electrons. The summed E-state index contributed by atoms with van der Waals surface area (Å²) in [6.07, 6.45) is 3.37. The molecule has 0 N–H and O–H groups in total. The minimum atomic E-state index is -0.489. The molecule has 5 nitrogen and oxygen atoms in total. The SMILES string of the molecule is N#Cc1c(F)cccc1N1CCN(C(=O)N2CCCCC2)CC1. The van der Waals surface area contributed by atoms with E-state index in [-0.39, 0.29) is 11.6 Å². The molecule has 2 saturated heterocycles. The van der Waals surface area contributed by atoms with Gasteiger partial charge in [0.25, 0.3) is 0 Å². The zero-order valence-electron chi connectivity index (χ0n) is 13.2. The number of hydrogen-bond acceptors (Lipinski definition) is 3. The Morgan fingerprint density at radius 3 is 2.30 bits per heavy atom. The van der Waals surface area contributed by atoms with Crippen LogP contribution in [0.2, 0.25) is 0 Å². The third kappa shape index (κ3) is 3.24. The third-order valence-electron chi connectivity index (χ3n) is 4.62. The van der Waals surface area contributed by atoms with Crippen LogP contribution in [0.5, 0.6) is 0 Å². The molecule has 2 aliphatic heterocycles. The fraction of sp³-hybridized carbons (Fsp3) is 0.529. The van der Waals surface area contributed by atoms with E-state index in [0.29, 0.717) is 31.9 Å². The van der Waals surface area contributed by atoms with Crippen LogP contribution in [-0.2, 0) is 0 Å². The maximum Gasteiger partial charge on any atom is 0.320 e. The van der Waals surface area contributed by atoms with E-state index < -0.39 is 5.82 Å². The van der Waals surface area contributed by atoms with Crippen molar-refractivity contribution in [3.63, 3.8) is 0 Å². The van der Waals surface area contributed by atoms with Gasteiger partial charge in [-0.1, -0.05) is 6.07 Å². The average molecular weight is 316 g/mol. The normalized spacial score (nSPS) is 18.7. The van der Waals surface area contributed by atoms with Crippen LogP contribution >= 0.6 is 0 Å². The van der Waals surface area contributed by atoms with Crippen LogP contribution in [0.4, 0.5) is 14.9 Å².